The van der Waals surface area contributed by atoms with Gasteiger partial charge in [-0.1, -0.05) is 52.2 Å². The minimum Gasteiger partial charge on any atom is -0.366 e. The molecule has 0 heterocycles. The summed E-state index contributed by atoms with van der Waals surface area (Å²) >= 11 is 0. The fraction of sp³-hybridized carbons (Fsp3) is 0.571. The molecule has 2 amide bonds. The van der Waals surface area contributed by atoms with Gasteiger partial charge in [-0.15, -0.1) is 0 Å². The van der Waals surface area contributed by atoms with Crippen LogP contribution in [0.5, 0.6) is 0 Å². The van der Waals surface area contributed by atoms with Crippen molar-refractivity contribution < 1.29 is 9.59 Å². The maximum atomic E-state index is 10.7. The van der Waals surface area contributed by atoms with Gasteiger partial charge in [0.05, 0.1) is 0 Å². The molecule has 0 aliphatic carbocycles. The van der Waals surface area contributed by atoms with Crippen LogP contribution in [0.1, 0.15) is 45.4 Å². The van der Waals surface area contributed by atoms with Gasteiger partial charge in [0.25, 0.3) is 0 Å². The van der Waals surface area contributed by atoms with E-state index >= 15 is 0 Å². The third-order valence-corrected chi connectivity index (χ3v) is 2.22. The van der Waals surface area contributed by atoms with Gasteiger partial charge < -0.3 is 11.1 Å². The minimum absolute atomic E-state index is 0.0615. The van der Waals surface area contributed by atoms with Crippen LogP contribution in [0.2, 0.25) is 0 Å². The summed E-state index contributed by atoms with van der Waals surface area (Å²) in [4.78, 5) is 20.2. The van der Waals surface area contributed by atoms with Gasteiger partial charge in [0, 0.05) is 6.54 Å². The molecule has 0 aromatic carbocycles. The molecule has 0 fully saturated rings. The van der Waals surface area contributed by atoms with Crippen LogP contribution in [0.25, 0.3) is 0 Å². The number of amides is 2. The monoisotopic (exact) mass is 254 g/mol. The lowest BCUT2D eigenvalue weighted by molar-refractivity contribution is -0.116. The van der Waals surface area contributed by atoms with E-state index in [-0.39, 0.29) is 5.91 Å². The largest absolute Gasteiger partial charge is 0.366 e. The highest BCUT2D eigenvalue weighted by Gasteiger charge is 1.92. The molecule has 3 N–H and O–H groups in total. The van der Waals surface area contributed by atoms with Crippen LogP contribution in [-0.2, 0) is 9.59 Å². The van der Waals surface area contributed by atoms with Gasteiger partial charge in [-0.05, 0) is 18.6 Å². The number of primary amides is 1. The second-order valence-corrected chi connectivity index (χ2v) is 3.87. The maximum Gasteiger partial charge on any atom is 0.243 e. The molecule has 0 spiro atoms. The Labute approximate surface area is 110 Å². The molecular formula is C14H26N2O2. The van der Waals surface area contributed by atoms with Gasteiger partial charge in [0.15, 0.2) is 0 Å². The van der Waals surface area contributed by atoms with Crippen molar-refractivity contribution in [2.75, 3.05) is 6.54 Å². The van der Waals surface area contributed by atoms with E-state index in [9.17, 15) is 9.59 Å². The van der Waals surface area contributed by atoms with Crippen molar-refractivity contribution in [3.05, 3.63) is 25.3 Å². The lowest BCUT2D eigenvalue weighted by Gasteiger charge is -2.01. The Kier molecular flexibility index (Phi) is 16.1. The molecule has 18 heavy (non-hydrogen) atoms. The lowest BCUT2D eigenvalue weighted by atomic mass is 10.1. The zero-order valence-electron chi connectivity index (χ0n) is 11.4. The highest BCUT2D eigenvalue weighted by atomic mass is 16.1. The van der Waals surface area contributed by atoms with E-state index in [0.29, 0.717) is 0 Å². The Balaban J connectivity index is 0. The summed E-state index contributed by atoms with van der Waals surface area (Å²) in [6.07, 6.45) is 9.91. The first kappa shape index (κ1) is 18.8. The van der Waals surface area contributed by atoms with Crippen LogP contribution in [0.3, 0.4) is 0 Å². The van der Waals surface area contributed by atoms with E-state index < -0.39 is 5.91 Å². The van der Waals surface area contributed by atoms with E-state index in [1.165, 1.54) is 38.2 Å². The van der Waals surface area contributed by atoms with Crippen molar-refractivity contribution >= 4 is 11.8 Å². The standard InChI is InChI=1S/C11H21NO.C3H5NO/c1-3-5-6-7-8-9-10-12-11(13)4-2;1-2-3(4)5/h4H,2-3,5-10H2,1H3,(H,12,13);2H,1H2,(H2,4,5). The zero-order valence-corrected chi connectivity index (χ0v) is 11.4. The number of hydrogen-bond acceptors (Lipinski definition) is 2. The number of rotatable bonds is 9. The van der Waals surface area contributed by atoms with E-state index in [1.54, 1.807) is 0 Å². The number of hydrogen-bond donors (Lipinski definition) is 2. The molecule has 0 aliphatic rings. The van der Waals surface area contributed by atoms with Gasteiger partial charge in [-0.3, -0.25) is 9.59 Å². The number of carbonyl (C=O) groups is 2. The molecule has 0 atom stereocenters. The van der Waals surface area contributed by atoms with Gasteiger partial charge >= 0.3 is 0 Å². The average Bonchev–Trinajstić information content (AvgIpc) is 2.38. The number of nitrogens with two attached hydrogens (primary N) is 1. The van der Waals surface area contributed by atoms with Crippen molar-refractivity contribution in [2.24, 2.45) is 5.73 Å². The quantitative estimate of drug-likeness (QED) is 0.489. The van der Waals surface area contributed by atoms with Gasteiger partial charge in [-0.2, -0.15) is 0 Å². The normalized spacial score (nSPS) is 8.72. The van der Waals surface area contributed by atoms with Crippen LogP contribution >= 0.6 is 0 Å². The van der Waals surface area contributed by atoms with Gasteiger partial charge in [-0.25, -0.2) is 0 Å². The number of carbonyl (C=O) groups excluding carboxylic acids is 2. The summed E-state index contributed by atoms with van der Waals surface area (Å²) in [7, 11) is 0. The van der Waals surface area contributed by atoms with Crippen LogP contribution in [-0.4, -0.2) is 18.4 Å². The molecule has 0 rings (SSSR count). The molecular weight excluding hydrogens is 228 g/mol. The molecule has 0 radical (unpaired) electrons. The molecule has 0 saturated carbocycles. The van der Waals surface area contributed by atoms with Crippen molar-refractivity contribution in [1.29, 1.82) is 0 Å². The highest BCUT2D eigenvalue weighted by Crippen LogP contribution is 2.03. The fourth-order valence-corrected chi connectivity index (χ4v) is 1.19. The molecule has 4 nitrogen and oxygen atoms in total. The highest BCUT2D eigenvalue weighted by molar-refractivity contribution is 5.86. The molecule has 0 aromatic heterocycles. The van der Waals surface area contributed by atoms with Crippen molar-refractivity contribution in [1.82, 2.24) is 5.32 Å². The first-order valence-electron chi connectivity index (χ1n) is 6.40. The molecule has 0 unspecified atom stereocenters. The van der Waals surface area contributed by atoms with Crippen molar-refractivity contribution in [3.63, 3.8) is 0 Å². The Morgan fingerprint density at radius 2 is 1.56 bits per heavy atom. The maximum absolute atomic E-state index is 10.7. The third kappa shape index (κ3) is 19.9. The predicted octanol–water partition coefficient (Wildman–Crippen LogP) is 2.31. The second kappa shape index (κ2) is 15.4. The molecule has 0 saturated heterocycles. The molecule has 0 aliphatic heterocycles. The van der Waals surface area contributed by atoms with E-state index in [0.717, 1.165) is 19.0 Å². The van der Waals surface area contributed by atoms with E-state index in [1.807, 2.05) is 0 Å². The Morgan fingerprint density at radius 3 is 2.00 bits per heavy atom. The topological polar surface area (TPSA) is 72.2 Å². The minimum atomic E-state index is -0.481. The van der Waals surface area contributed by atoms with Gasteiger partial charge in [0.1, 0.15) is 0 Å². The molecule has 4 heteroatoms. The van der Waals surface area contributed by atoms with Crippen LogP contribution < -0.4 is 11.1 Å². The van der Waals surface area contributed by atoms with Gasteiger partial charge in [0.2, 0.25) is 11.8 Å². The summed E-state index contributed by atoms with van der Waals surface area (Å²) in [6.45, 7) is 9.47. The summed E-state index contributed by atoms with van der Waals surface area (Å²) in [6, 6.07) is 0. The average molecular weight is 254 g/mol. The van der Waals surface area contributed by atoms with Crippen molar-refractivity contribution in [3.8, 4) is 0 Å². The van der Waals surface area contributed by atoms with Crippen LogP contribution in [0.4, 0.5) is 0 Å². The van der Waals surface area contributed by atoms with Crippen molar-refractivity contribution in [2.45, 2.75) is 45.4 Å². The molecule has 104 valence electrons. The summed E-state index contributed by atoms with van der Waals surface area (Å²) in [5, 5.41) is 2.77. The first-order chi connectivity index (χ1) is 8.58. The number of unbranched alkanes of at least 4 members (excludes halogenated alkanes) is 5. The Morgan fingerprint density at radius 1 is 1.06 bits per heavy atom. The van der Waals surface area contributed by atoms with E-state index in [4.69, 9.17) is 0 Å². The Bertz CT molecular complexity index is 250. The third-order valence-electron chi connectivity index (χ3n) is 2.22. The fourth-order valence-electron chi connectivity index (χ4n) is 1.19. The van der Waals surface area contributed by atoms with Crippen LogP contribution in [0, 0.1) is 0 Å². The van der Waals surface area contributed by atoms with E-state index in [2.05, 4.69) is 31.1 Å². The first-order valence-corrected chi connectivity index (χ1v) is 6.40. The SMILES string of the molecule is C=CC(=O)NCCCCCCCC.C=CC(N)=O. The molecule has 0 aromatic rings. The Hall–Kier alpha value is -1.58. The number of nitrogens with one attached hydrogen (secondary N) is 1. The summed E-state index contributed by atoms with van der Waals surface area (Å²) in [5.41, 5.74) is 4.53. The summed E-state index contributed by atoms with van der Waals surface area (Å²) in [5.74, 6) is -0.543. The van der Waals surface area contributed by atoms with Crippen LogP contribution in [0.15, 0.2) is 25.3 Å². The summed E-state index contributed by atoms with van der Waals surface area (Å²) < 4.78 is 0. The molecule has 0 bridgehead atoms. The lowest BCUT2D eigenvalue weighted by Crippen LogP contribution is -2.21. The predicted molar refractivity (Wildman–Crippen MR) is 76.0 cm³/mol. The smallest absolute Gasteiger partial charge is 0.243 e. The second-order valence-electron chi connectivity index (χ2n) is 3.87. The zero-order chi connectivity index (χ0) is 14.2.